The monoisotopic (exact) mass is 492 g/mol. The minimum absolute atomic E-state index is 0. The minimum Gasteiger partial charge on any atom is -0.381 e. The Bertz CT molecular complexity index is 516. The van der Waals surface area contributed by atoms with Crippen LogP contribution in [-0.4, -0.2) is 57.3 Å². The van der Waals surface area contributed by atoms with Crippen molar-refractivity contribution in [3.63, 3.8) is 0 Å². The molecule has 2 aliphatic rings. The maximum Gasteiger partial charge on any atom is 0.191 e. The summed E-state index contributed by atoms with van der Waals surface area (Å²) in [5.41, 5.74) is 0. The zero-order valence-corrected chi connectivity index (χ0v) is 18.9. The van der Waals surface area contributed by atoms with E-state index in [1.54, 1.807) is 0 Å². The first-order chi connectivity index (χ1) is 12.4. The van der Waals surface area contributed by atoms with Gasteiger partial charge in [0, 0.05) is 38.2 Å². The molecule has 3 rings (SSSR count). The van der Waals surface area contributed by atoms with Gasteiger partial charge in [-0.3, -0.25) is 9.89 Å². The molecule has 1 aromatic heterocycles. The van der Waals surface area contributed by atoms with Crippen molar-refractivity contribution in [3.05, 3.63) is 22.4 Å². The molecule has 0 spiro atoms. The number of rotatable bonds is 10. The Morgan fingerprint density at radius 3 is 2.81 bits per heavy atom. The van der Waals surface area contributed by atoms with Gasteiger partial charge in [-0.15, -0.1) is 35.3 Å². The Hall–Kier alpha value is -0.380. The number of halogens is 1. The van der Waals surface area contributed by atoms with Gasteiger partial charge in [-0.2, -0.15) is 0 Å². The molecular weight excluding hydrogens is 459 g/mol. The molecule has 0 radical (unpaired) electrons. The van der Waals surface area contributed by atoms with Gasteiger partial charge in [0.15, 0.2) is 5.96 Å². The first-order valence-electron chi connectivity index (χ1n) is 9.66. The number of aliphatic imine (C=N–C) groups is 1. The summed E-state index contributed by atoms with van der Waals surface area (Å²) in [5, 5.41) is 9.10. The van der Waals surface area contributed by atoms with Gasteiger partial charge >= 0.3 is 0 Å². The molecule has 2 N–H and O–H groups in total. The number of hydrogen-bond donors (Lipinski definition) is 2. The maximum atomic E-state index is 5.68. The molecule has 2 heterocycles. The van der Waals surface area contributed by atoms with Gasteiger partial charge in [0.25, 0.3) is 0 Å². The van der Waals surface area contributed by atoms with Crippen molar-refractivity contribution >= 4 is 41.3 Å². The molecule has 0 amide bonds. The van der Waals surface area contributed by atoms with E-state index in [1.807, 2.05) is 18.4 Å². The molecule has 1 aromatic rings. The second kappa shape index (κ2) is 12.2. The van der Waals surface area contributed by atoms with Crippen molar-refractivity contribution in [2.24, 2.45) is 10.9 Å². The van der Waals surface area contributed by atoms with Gasteiger partial charge in [-0.05, 0) is 62.6 Å². The first kappa shape index (κ1) is 21.9. The largest absolute Gasteiger partial charge is 0.381 e. The molecule has 1 aliphatic heterocycles. The molecule has 7 heteroatoms. The topological polar surface area (TPSA) is 48.9 Å². The molecule has 1 saturated heterocycles. The van der Waals surface area contributed by atoms with E-state index >= 15 is 0 Å². The van der Waals surface area contributed by atoms with Crippen LogP contribution in [0, 0.1) is 5.92 Å². The van der Waals surface area contributed by atoms with Gasteiger partial charge < -0.3 is 15.4 Å². The van der Waals surface area contributed by atoms with Crippen LogP contribution in [0.5, 0.6) is 0 Å². The lowest BCUT2D eigenvalue weighted by molar-refractivity contribution is 0.123. The fraction of sp³-hybridized carbons (Fsp3) is 0.737. The zero-order chi connectivity index (χ0) is 17.3. The lowest BCUT2D eigenvalue weighted by atomic mass is 10.2. The quantitative estimate of drug-likeness (QED) is 0.227. The van der Waals surface area contributed by atoms with Gasteiger partial charge in [0.1, 0.15) is 0 Å². The number of ether oxygens (including phenoxy) is 1. The Balaban J connectivity index is 0.00000243. The van der Waals surface area contributed by atoms with Crippen molar-refractivity contribution in [3.8, 4) is 0 Å². The molecule has 0 aromatic carbocycles. The van der Waals surface area contributed by atoms with Crippen LogP contribution >= 0.6 is 35.3 Å². The lowest BCUT2D eigenvalue weighted by Gasteiger charge is -2.27. The highest BCUT2D eigenvalue weighted by Crippen LogP contribution is 2.29. The van der Waals surface area contributed by atoms with E-state index in [0.29, 0.717) is 6.04 Å². The van der Waals surface area contributed by atoms with Crippen molar-refractivity contribution in [1.82, 2.24) is 15.5 Å². The predicted molar refractivity (Wildman–Crippen MR) is 121 cm³/mol. The summed E-state index contributed by atoms with van der Waals surface area (Å²) in [4.78, 5) is 8.40. The highest BCUT2D eigenvalue weighted by molar-refractivity contribution is 14.0. The fourth-order valence-electron chi connectivity index (χ4n) is 3.27. The number of hydrogen-bond acceptors (Lipinski definition) is 4. The summed E-state index contributed by atoms with van der Waals surface area (Å²) in [6.45, 7) is 6.00. The predicted octanol–water partition coefficient (Wildman–Crippen LogP) is 3.48. The van der Waals surface area contributed by atoms with E-state index in [-0.39, 0.29) is 24.0 Å². The van der Waals surface area contributed by atoms with E-state index in [4.69, 9.17) is 4.74 Å². The molecular formula is C19H33IN4OS. The van der Waals surface area contributed by atoms with Crippen molar-refractivity contribution in [2.45, 2.75) is 38.1 Å². The van der Waals surface area contributed by atoms with Gasteiger partial charge in [-0.1, -0.05) is 6.07 Å². The van der Waals surface area contributed by atoms with Crippen LogP contribution in [0.15, 0.2) is 22.5 Å². The van der Waals surface area contributed by atoms with Crippen LogP contribution in [0.2, 0.25) is 0 Å². The van der Waals surface area contributed by atoms with Crippen LogP contribution < -0.4 is 10.6 Å². The Kier molecular flexibility index (Phi) is 10.2. The highest BCUT2D eigenvalue weighted by Gasteiger charge is 2.24. The fourth-order valence-corrected chi connectivity index (χ4v) is 4.13. The van der Waals surface area contributed by atoms with Gasteiger partial charge in [0.05, 0.1) is 6.04 Å². The lowest BCUT2D eigenvalue weighted by Crippen LogP contribution is -2.42. The minimum atomic E-state index is 0. The van der Waals surface area contributed by atoms with Crippen LogP contribution in [0.1, 0.15) is 43.0 Å². The summed E-state index contributed by atoms with van der Waals surface area (Å²) in [6.07, 6.45) is 6.37. The Morgan fingerprint density at radius 2 is 2.15 bits per heavy atom. The summed E-state index contributed by atoms with van der Waals surface area (Å²) in [5.74, 6) is 1.74. The molecule has 1 atom stereocenters. The van der Waals surface area contributed by atoms with Crippen molar-refractivity contribution in [1.29, 1.82) is 0 Å². The molecule has 26 heavy (non-hydrogen) atoms. The molecule has 0 bridgehead atoms. The molecule has 1 unspecified atom stereocenters. The number of nitrogens with one attached hydrogen (secondary N) is 2. The van der Waals surface area contributed by atoms with E-state index in [9.17, 15) is 0 Å². The molecule has 1 aliphatic carbocycles. The first-order valence-corrected chi connectivity index (χ1v) is 10.5. The summed E-state index contributed by atoms with van der Waals surface area (Å²) >= 11 is 1.85. The average molecular weight is 492 g/mol. The number of guanidine groups is 1. The van der Waals surface area contributed by atoms with Gasteiger partial charge in [0.2, 0.25) is 0 Å². The molecule has 5 nitrogen and oxygen atoms in total. The summed E-state index contributed by atoms with van der Waals surface area (Å²) in [7, 11) is 1.84. The SMILES string of the molecule is CN=C(NCCCOCC1CC1)NCC(c1cccs1)N1CCCC1.I. The summed E-state index contributed by atoms with van der Waals surface area (Å²) < 4.78 is 5.68. The molecule has 148 valence electrons. The number of nitrogens with zero attached hydrogens (tertiary/aromatic N) is 2. The van der Waals surface area contributed by atoms with E-state index in [0.717, 1.165) is 44.6 Å². The third-order valence-corrected chi connectivity index (χ3v) is 5.92. The Morgan fingerprint density at radius 1 is 1.35 bits per heavy atom. The number of likely N-dealkylation sites (tertiary alicyclic amines) is 1. The van der Waals surface area contributed by atoms with E-state index in [1.165, 1.54) is 43.6 Å². The average Bonchev–Trinajstić information content (AvgIpc) is 3.08. The number of thiophene rings is 1. The third-order valence-electron chi connectivity index (χ3n) is 4.95. The third kappa shape index (κ3) is 7.32. The molecule has 1 saturated carbocycles. The molecule has 2 fully saturated rings. The van der Waals surface area contributed by atoms with Crippen LogP contribution in [0.3, 0.4) is 0 Å². The van der Waals surface area contributed by atoms with E-state index < -0.39 is 0 Å². The smallest absolute Gasteiger partial charge is 0.191 e. The van der Waals surface area contributed by atoms with Crippen LogP contribution in [0.25, 0.3) is 0 Å². The maximum absolute atomic E-state index is 5.68. The van der Waals surface area contributed by atoms with E-state index in [2.05, 4.69) is 38.0 Å². The standard InChI is InChI=1S/C19H32N4OS.HI/c1-20-19(21-9-5-12-24-15-16-7-8-16)22-14-17(18-6-4-13-25-18)23-10-2-3-11-23;/h4,6,13,16-17H,2-3,5,7-12,14-15H2,1H3,(H2,20,21,22);1H. The zero-order valence-electron chi connectivity index (χ0n) is 15.8. The summed E-state index contributed by atoms with van der Waals surface area (Å²) in [6, 6.07) is 4.85. The van der Waals surface area contributed by atoms with Crippen LogP contribution in [-0.2, 0) is 4.74 Å². The van der Waals surface area contributed by atoms with Crippen LogP contribution in [0.4, 0.5) is 0 Å². The second-order valence-electron chi connectivity index (χ2n) is 7.03. The second-order valence-corrected chi connectivity index (χ2v) is 8.01. The normalized spacial score (nSPS) is 19.2. The van der Waals surface area contributed by atoms with Crippen molar-refractivity contribution < 1.29 is 4.74 Å². The van der Waals surface area contributed by atoms with Gasteiger partial charge in [-0.25, -0.2) is 0 Å². The van der Waals surface area contributed by atoms with Crippen molar-refractivity contribution in [2.75, 3.05) is 46.4 Å². The highest BCUT2D eigenvalue weighted by atomic mass is 127. The Labute approximate surface area is 179 Å².